The smallest absolute Gasteiger partial charge is 0.433 e. The first-order valence-electron chi connectivity index (χ1n) is 7.92. The van der Waals surface area contributed by atoms with Crippen LogP contribution in [0.5, 0.6) is 5.75 Å². The molecule has 0 aliphatic rings. The number of nitrogens with one attached hydrogen (secondary N) is 2. The molecule has 1 aromatic carbocycles. The number of methoxy groups -OCH3 is 1. The van der Waals surface area contributed by atoms with Crippen LogP contribution in [0.2, 0.25) is 0 Å². The molecule has 1 atom stereocenters. The van der Waals surface area contributed by atoms with Crippen molar-refractivity contribution in [1.29, 1.82) is 0 Å². The van der Waals surface area contributed by atoms with Gasteiger partial charge in [-0.1, -0.05) is 25.1 Å². The quantitative estimate of drug-likeness (QED) is 0.775. The molecule has 136 valence electrons. The van der Waals surface area contributed by atoms with Gasteiger partial charge in [-0.05, 0) is 19.4 Å². The van der Waals surface area contributed by atoms with Crippen LogP contribution in [0.25, 0.3) is 0 Å². The molecule has 0 unspecified atom stereocenters. The van der Waals surface area contributed by atoms with Crippen LogP contribution in [0.1, 0.15) is 31.5 Å². The second kappa shape index (κ2) is 8.04. The summed E-state index contributed by atoms with van der Waals surface area (Å²) >= 11 is 0. The van der Waals surface area contributed by atoms with E-state index in [0.29, 0.717) is 5.75 Å². The average molecular weight is 354 g/mol. The van der Waals surface area contributed by atoms with Crippen molar-refractivity contribution in [1.82, 2.24) is 9.97 Å². The van der Waals surface area contributed by atoms with Gasteiger partial charge in [0.2, 0.25) is 5.95 Å². The van der Waals surface area contributed by atoms with Crippen LogP contribution >= 0.6 is 0 Å². The van der Waals surface area contributed by atoms with Crippen molar-refractivity contribution in [2.24, 2.45) is 0 Å². The van der Waals surface area contributed by atoms with Gasteiger partial charge in [-0.3, -0.25) is 0 Å². The van der Waals surface area contributed by atoms with Crippen LogP contribution in [0.4, 0.5) is 24.9 Å². The normalized spacial score (nSPS) is 12.6. The lowest BCUT2D eigenvalue weighted by Gasteiger charge is -2.16. The summed E-state index contributed by atoms with van der Waals surface area (Å²) in [4.78, 5) is 7.70. The molecule has 0 saturated heterocycles. The number of rotatable bonds is 7. The SMILES string of the molecule is CC[C@@H](C)Nc1nc(NCc2ccccc2OC)cc(C(F)(F)F)n1. The van der Waals surface area contributed by atoms with E-state index in [4.69, 9.17) is 4.74 Å². The standard InChI is InChI=1S/C17H21F3N4O/c1-4-11(2)22-16-23-14(17(18,19)20)9-15(24-16)21-10-12-7-5-6-8-13(12)25-3/h5-9,11H,4,10H2,1-3H3,(H2,21,22,23,24)/t11-/m1/s1. The van der Waals surface area contributed by atoms with Gasteiger partial charge < -0.3 is 15.4 Å². The Morgan fingerprint density at radius 1 is 1.20 bits per heavy atom. The van der Waals surface area contributed by atoms with E-state index in [2.05, 4.69) is 20.6 Å². The van der Waals surface area contributed by atoms with Crippen molar-refractivity contribution in [3.8, 4) is 5.75 Å². The molecule has 5 nitrogen and oxygen atoms in total. The van der Waals surface area contributed by atoms with Crippen molar-refractivity contribution in [2.45, 2.75) is 39.0 Å². The largest absolute Gasteiger partial charge is 0.496 e. The molecule has 2 rings (SSSR count). The molecule has 0 aliphatic carbocycles. The summed E-state index contributed by atoms with van der Waals surface area (Å²) in [6.45, 7) is 4.05. The number of ether oxygens (including phenoxy) is 1. The summed E-state index contributed by atoms with van der Waals surface area (Å²) in [5.41, 5.74) is -0.176. The van der Waals surface area contributed by atoms with Crippen molar-refractivity contribution in [3.63, 3.8) is 0 Å². The highest BCUT2D eigenvalue weighted by Gasteiger charge is 2.33. The maximum atomic E-state index is 13.1. The van der Waals surface area contributed by atoms with E-state index in [9.17, 15) is 13.2 Å². The number of halogens is 3. The first-order valence-corrected chi connectivity index (χ1v) is 7.92. The van der Waals surface area contributed by atoms with Crippen molar-refractivity contribution >= 4 is 11.8 Å². The van der Waals surface area contributed by atoms with Crippen LogP contribution in [-0.4, -0.2) is 23.1 Å². The van der Waals surface area contributed by atoms with Gasteiger partial charge in [0.05, 0.1) is 7.11 Å². The maximum Gasteiger partial charge on any atom is 0.433 e. The average Bonchev–Trinajstić information content (AvgIpc) is 2.59. The molecular formula is C17H21F3N4O. The highest BCUT2D eigenvalue weighted by Crippen LogP contribution is 2.30. The van der Waals surface area contributed by atoms with Gasteiger partial charge in [-0.2, -0.15) is 18.2 Å². The number of anilines is 2. The molecule has 2 aromatic rings. The van der Waals surface area contributed by atoms with Gasteiger partial charge in [0.1, 0.15) is 11.6 Å². The molecule has 0 saturated carbocycles. The lowest BCUT2D eigenvalue weighted by atomic mass is 10.2. The first kappa shape index (κ1) is 18.8. The predicted molar refractivity (Wildman–Crippen MR) is 90.7 cm³/mol. The lowest BCUT2D eigenvalue weighted by Crippen LogP contribution is -2.19. The highest BCUT2D eigenvalue weighted by atomic mass is 19.4. The molecule has 0 amide bonds. The molecule has 2 N–H and O–H groups in total. The van der Waals surface area contributed by atoms with Gasteiger partial charge in [0, 0.05) is 24.2 Å². The van der Waals surface area contributed by atoms with Gasteiger partial charge in [-0.25, -0.2) is 4.98 Å². The summed E-state index contributed by atoms with van der Waals surface area (Å²) in [5, 5.41) is 5.79. The molecule has 0 radical (unpaired) electrons. The number of hydrogen-bond donors (Lipinski definition) is 2. The number of nitrogens with zero attached hydrogens (tertiary/aromatic N) is 2. The third kappa shape index (κ3) is 5.23. The van der Waals surface area contributed by atoms with E-state index < -0.39 is 11.9 Å². The van der Waals surface area contributed by atoms with Crippen molar-refractivity contribution in [2.75, 3.05) is 17.7 Å². The van der Waals surface area contributed by atoms with E-state index >= 15 is 0 Å². The Morgan fingerprint density at radius 3 is 2.56 bits per heavy atom. The molecule has 25 heavy (non-hydrogen) atoms. The van der Waals surface area contributed by atoms with E-state index in [0.717, 1.165) is 18.1 Å². The third-order valence-corrected chi connectivity index (χ3v) is 3.66. The van der Waals surface area contributed by atoms with Crippen LogP contribution in [-0.2, 0) is 12.7 Å². The Balaban J connectivity index is 2.25. The number of alkyl halides is 3. The molecule has 8 heteroatoms. The highest BCUT2D eigenvalue weighted by molar-refractivity contribution is 5.45. The maximum absolute atomic E-state index is 13.1. The van der Waals surface area contributed by atoms with Crippen molar-refractivity contribution < 1.29 is 17.9 Å². The molecule has 0 spiro atoms. The zero-order valence-electron chi connectivity index (χ0n) is 14.3. The Labute approximate surface area is 144 Å². The fourth-order valence-corrected chi connectivity index (χ4v) is 2.10. The summed E-state index contributed by atoms with van der Waals surface area (Å²) in [6, 6.07) is 8.13. The second-order valence-electron chi connectivity index (χ2n) is 5.58. The minimum Gasteiger partial charge on any atom is -0.496 e. The van der Waals surface area contributed by atoms with E-state index in [1.807, 2.05) is 32.0 Å². The summed E-state index contributed by atoms with van der Waals surface area (Å²) in [5.74, 6) is 0.698. The van der Waals surface area contributed by atoms with E-state index in [-0.39, 0.29) is 24.4 Å². The minimum absolute atomic E-state index is 0.0365. The molecule has 1 aromatic heterocycles. The van der Waals surface area contributed by atoms with Crippen LogP contribution in [0, 0.1) is 0 Å². The zero-order chi connectivity index (χ0) is 18.4. The van der Waals surface area contributed by atoms with Crippen molar-refractivity contribution in [3.05, 3.63) is 41.6 Å². The summed E-state index contributed by atoms with van der Waals surface area (Å²) < 4.78 is 44.5. The Hall–Kier alpha value is -2.51. The zero-order valence-corrected chi connectivity index (χ0v) is 14.3. The monoisotopic (exact) mass is 354 g/mol. The van der Waals surface area contributed by atoms with Gasteiger partial charge in [0.15, 0.2) is 5.69 Å². The molecular weight excluding hydrogens is 333 g/mol. The Morgan fingerprint density at radius 2 is 1.92 bits per heavy atom. The molecule has 0 aliphatic heterocycles. The number of hydrogen-bond acceptors (Lipinski definition) is 5. The Kier molecular flexibility index (Phi) is 6.06. The fourth-order valence-electron chi connectivity index (χ4n) is 2.10. The Bertz CT molecular complexity index is 707. The van der Waals surface area contributed by atoms with Crippen LogP contribution < -0.4 is 15.4 Å². The number of benzene rings is 1. The van der Waals surface area contributed by atoms with Crippen LogP contribution in [0.15, 0.2) is 30.3 Å². The van der Waals surface area contributed by atoms with Gasteiger partial charge in [-0.15, -0.1) is 0 Å². The van der Waals surface area contributed by atoms with Gasteiger partial charge in [0.25, 0.3) is 0 Å². The minimum atomic E-state index is -4.55. The van der Waals surface area contributed by atoms with E-state index in [1.165, 1.54) is 0 Å². The first-order chi connectivity index (χ1) is 11.8. The molecule has 0 bridgehead atoms. The van der Waals surface area contributed by atoms with Crippen LogP contribution in [0.3, 0.4) is 0 Å². The van der Waals surface area contributed by atoms with Gasteiger partial charge >= 0.3 is 6.18 Å². The fraction of sp³-hybridized carbons (Fsp3) is 0.412. The molecule has 0 fully saturated rings. The second-order valence-corrected chi connectivity index (χ2v) is 5.58. The topological polar surface area (TPSA) is 59.1 Å². The number of para-hydroxylation sites is 1. The third-order valence-electron chi connectivity index (χ3n) is 3.66. The van der Waals surface area contributed by atoms with E-state index in [1.54, 1.807) is 13.2 Å². The molecule has 1 heterocycles. The lowest BCUT2D eigenvalue weighted by molar-refractivity contribution is -0.141. The summed E-state index contributed by atoms with van der Waals surface area (Å²) in [6.07, 6.45) is -3.81. The predicted octanol–water partition coefficient (Wildman–Crippen LogP) is 4.33. The number of aromatic nitrogens is 2. The summed E-state index contributed by atoms with van der Waals surface area (Å²) in [7, 11) is 1.54.